The highest BCUT2D eigenvalue weighted by Gasteiger charge is 2.01. The van der Waals surface area contributed by atoms with Crippen molar-refractivity contribution in [2.45, 2.75) is 13.0 Å². The molecule has 3 nitrogen and oxygen atoms in total. The minimum absolute atomic E-state index is 0.130. The van der Waals surface area contributed by atoms with E-state index in [1.165, 1.54) is 6.07 Å². The minimum Gasteiger partial charge on any atom is -0.311 e. The molecule has 17 heavy (non-hydrogen) atoms. The average molecular weight is 233 g/mol. The van der Waals surface area contributed by atoms with Crippen LogP contribution in [0, 0.1) is 5.82 Å². The van der Waals surface area contributed by atoms with Gasteiger partial charge in [-0.15, -0.1) is 0 Å². The lowest BCUT2D eigenvalue weighted by molar-refractivity contribution is 0.589. The molecule has 0 atom stereocenters. The van der Waals surface area contributed by atoms with Gasteiger partial charge in [0.1, 0.15) is 5.82 Å². The van der Waals surface area contributed by atoms with Crippen molar-refractivity contribution < 1.29 is 4.39 Å². The fourth-order valence-corrected chi connectivity index (χ4v) is 1.72. The number of aryl methyl sites for hydroxylation is 1. The van der Waals surface area contributed by atoms with Gasteiger partial charge in [-0.1, -0.05) is 18.2 Å². The highest BCUT2D eigenvalue weighted by Crippen LogP contribution is 2.06. The van der Waals surface area contributed by atoms with Crippen LogP contribution in [0.1, 0.15) is 11.3 Å². The van der Waals surface area contributed by atoms with E-state index in [4.69, 9.17) is 0 Å². The summed E-state index contributed by atoms with van der Waals surface area (Å²) in [5.41, 5.74) is 1.88. The van der Waals surface area contributed by atoms with Crippen LogP contribution in [0.5, 0.6) is 0 Å². The SMILES string of the molecule is Cn1nccc1CNCCc1ccccc1F. The monoisotopic (exact) mass is 233 g/mol. The maximum Gasteiger partial charge on any atom is 0.126 e. The third-order valence-corrected chi connectivity index (χ3v) is 2.76. The first-order chi connectivity index (χ1) is 8.27. The summed E-state index contributed by atoms with van der Waals surface area (Å²) < 4.78 is 15.1. The van der Waals surface area contributed by atoms with E-state index in [1.54, 1.807) is 12.3 Å². The van der Waals surface area contributed by atoms with E-state index in [0.29, 0.717) is 6.42 Å². The summed E-state index contributed by atoms with van der Waals surface area (Å²) in [5, 5.41) is 7.36. The fraction of sp³-hybridized carbons (Fsp3) is 0.308. The van der Waals surface area contributed by atoms with Gasteiger partial charge in [0.25, 0.3) is 0 Å². The zero-order valence-electron chi connectivity index (χ0n) is 9.86. The zero-order valence-corrected chi connectivity index (χ0v) is 9.86. The van der Waals surface area contributed by atoms with Crippen molar-refractivity contribution in [1.29, 1.82) is 0 Å². The van der Waals surface area contributed by atoms with Crippen LogP contribution in [0.3, 0.4) is 0 Å². The Morgan fingerprint density at radius 3 is 2.82 bits per heavy atom. The summed E-state index contributed by atoms with van der Waals surface area (Å²) in [6.07, 6.45) is 2.47. The molecule has 90 valence electrons. The molecule has 1 aromatic heterocycles. The normalized spacial score (nSPS) is 10.7. The van der Waals surface area contributed by atoms with E-state index >= 15 is 0 Å². The Morgan fingerprint density at radius 1 is 1.29 bits per heavy atom. The second-order valence-electron chi connectivity index (χ2n) is 3.96. The van der Waals surface area contributed by atoms with Gasteiger partial charge in [-0.2, -0.15) is 5.10 Å². The quantitative estimate of drug-likeness (QED) is 0.799. The largest absolute Gasteiger partial charge is 0.311 e. The van der Waals surface area contributed by atoms with Crippen LogP contribution in [0.2, 0.25) is 0 Å². The predicted octanol–water partition coefficient (Wildman–Crippen LogP) is 1.89. The van der Waals surface area contributed by atoms with E-state index in [-0.39, 0.29) is 5.82 Å². The molecular weight excluding hydrogens is 217 g/mol. The van der Waals surface area contributed by atoms with E-state index in [1.807, 2.05) is 29.9 Å². The van der Waals surface area contributed by atoms with Crippen LogP contribution in [0.15, 0.2) is 36.5 Å². The molecule has 0 spiro atoms. The third kappa shape index (κ3) is 3.14. The zero-order chi connectivity index (χ0) is 12.1. The molecule has 0 aliphatic rings. The number of hydrogen-bond donors (Lipinski definition) is 1. The molecule has 2 rings (SSSR count). The molecule has 1 heterocycles. The van der Waals surface area contributed by atoms with Crippen LogP contribution in [0.25, 0.3) is 0 Å². The Morgan fingerprint density at radius 2 is 2.12 bits per heavy atom. The summed E-state index contributed by atoms with van der Waals surface area (Å²) in [6, 6.07) is 8.86. The lowest BCUT2D eigenvalue weighted by atomic mass is 10.1. The third-order valence-electron chi connectivity index (χ3n) is 2.76. The summed E-state index contributed by atoms with van der Waals surface area (Å²) >= 11 is 0. The molecule has 0 fully saturated rings. The van der Waals surface area contributed by atoms with Crippen molar-refractivity contribution in [1.82, 2.24) is 15.1 Å². The van der Waals surface area contributed by atoms with Crippen LogP contribution in [-0.2, 0) is 20.0 Å². The second-order valence-corrected chi connectivity index (χ2v) is 3.96. The van der Waals surface area contributed by atoms with Gasteiger partial charge in [0, 0.05) is 19.8 Å². The Labute approximate surface area is 100 Å². The molecule has 2 aromatic rings. The molecule has 0 amide bonds. The number of hydrogen-bond acceptors (Lipinski definition) is 2. The van der Waals surface area contributed by atoms with Gasteiger partial charge in [0.05, 0.1) is 5.69 Å². The summed E-state index contributed by atoms with van der Waals surface area (Å²) in [4.78, 5) is 0. The molecule has 0 saturated heterocycles. The second kappa shape index (κ2) is 5.59. The van der Waals surface area contributed by atoms with E-state index in [0.717, 1.165) is 24.3 Å². The maximum absolute atomic E-state index is 13.3. The van der Waals surface area contributed by atoms with E-state index in [2.05, 4.69) is 10.4 Å². The van der Waals surface area contributed by atoms with Crippen molar-refractivity contribution >= 4 is 0 Å². The fourth-order valence-electron chi connectivity index (χ4n) is 1.72. The molecule has 0 aliphatic carbocycles. The molecule has 0 radical (unpaired) electrons. The highest BCUT2D eigenvalue weighted by atomic mass is 19.1. The first-order valence-electron chi connectivity index (χ1n) is 5.68. The molecule has 0 unspecified atom stereocenters. The number of halogens is 1. The highest BCUT2D eigenvalue weighted by molar-refractivity contribution is 5.17. The molecule has 0 aliphatic heterocycles. The maximum atomic E-state index is 13.3. The van der Waals surface area contributed by atoms with E-state index < -0.39 is 0 Å². The van der Waals surface area contributed by atoms with Crippen molar-refractivity contribution in [3.8, 4) is 0 Å². The molecule has 1 N–H and O–H groups in total. The molecule has 1 aromatic carbocycles. The topological polar surface area (TPSA) is 29.9 Å². The van der Waals surface area contributed by atoms with Gasteiger partial charge >= 0.3 is 0 Å². The van der Waals surface area contributed by atoms with Crippen LogP contribution >= 0.6 is 0 Å². The van der Waals surface area contributed by atoms with E-state index in [9.17, 15) is 4.39 Å². The molecule has 0 saturated carbocycles. The number of rotatable bonds is 5. The first-order valence-corrected chi connectivity index (χ1v) is 5.68. The van der Waals surface area contributed by atoms with Gasteiger partial charge in [0.15, 0.2) is 0 Å². The van der Waals surface area contributed by atoms with Crippen LogP contribution < -0.4 is 5.32 Å². The predicted molar refractivity (Wildman–Crippen MR) is 65.0 cm³/mol. The van der Waals surface area contributed by atoms with Crippen molar-refractivity contribution in [3.63, 3.8) is 0 Å². The van der Waals surface area contributed by atoms with Gasteiger partial charge in [0.2, 0.25) is 0 Å². The van der Waals surface area contributed by atoms with Gasteiger partial charge in [-0.25, -0.2) is 4.39 Å². The molecule has 4 heteroatoms. The number of nitrogens with zero attached hydrogens (tertiary/aromatic N) is 2. The molecule has 0 bridgehead atoms. The summed E-state index contributed by atoms with van der Waals surface area (Å²) in [7, 11) is 1.91. The molecular formula is C13H16FN3. The number of nitrogens with one attached hydrogen (secondary N) is 1. The van der Waals surface area contributed by atoms with Crippen LogP contribution in [-0.4, -0.2) is 16.3 Å². The smallest absolute Gasteiger partial charge is 0.126 e. The number of aromatic nitrogens is 2. The Hall–Kier alpha value is -1.68. The van der Waals surface area contributed by atoms with Gasteiger partial charge in [-0.05, 0) is 30.7 Å². The lowest BCUT2D eigenvalue weighted by Crippen LogP contribution is -2.18. The number of benzene rings is 1. The summed E-state index contributed by atoms with van der Waals surface area (Å²) in [6.45, 7) is 1.51. The Bertz CT molecular complexity index is 479. The Kier molecular flexibility index (Phi) is 3.88. The van der Waals surface area contributed by atoms with Crippen LogP contribution in [0.4, 0.5) is 4.39 Å². The van der Waals surface area contributed by atoms with Crippen molar-refractivity contribution in [2.75, 3.05) is 6.54 Å². The first kappa shape index (κ1) is 11.8. The minimum atomic E-state index is -0.130. The average Bonchev–Trinajstić information content (AvgIpc) is 2.73. The van der Waals surface area contributed by atoms with Crippen molar-refractivity contribution in [2.24, 2.45) is 7.05 Å². The van der Waals surface area contributed by atoms with Gasteiger partial charge in [-0.3, -0.25) is 4.68 Å². The standard InChI is InChI=1S/C13H16FN3/c1-17-12(7-9-16-17)10-15-8-6-11-4-2-3-5-13(11)14/h2-5,7,9,15H,6,8,10H2,1H3. The summed E-state index contributed by atoms with van der Waals surface area (Å²) in [5.74, 6) is -0.130. The Balaban J connectivity index is 1.77. The lowest BCUT2D eigenvalue weighted by Gasteiger charge is -2.06. The van der Waals surface area contributed by atoms with Gasteiger partial charge < -0.3 is 5.32 Å². The van der Waals surface area contributed by atoms with Crippen molar-refractivity contribution in [3.05, 3.63) is 53.6 Å².